The zero-order chi connectivity index (χ0) is 15.5. The third-order valence-electron chi connectivity index (χ3n) is 5.15. The maximum Gasteiger partial charge on any atom is 0.0756 e. The summed E-state index contributed by atoms with van der Waals surface area (Å²) >= 11 is 0. The Morgan fingerprint density at radius 3 is 2.43 bits per heavy atom. The van der Waals surface area contributed by atoms with Gasteiger partial charge in [0, 0.05) is 7.05 Å². The standard InChI is InChI=1S/C17H32N4/c1-6-11-18-16(15-12-19-20-21(15)5)13-7-9-14(10-8-13)17(2,3)4/h12-14,16,18H,6-11H2,1-5H3. The van der Waals surface area contributed by atoms with Gasteiger partial charge in [0.2, 0.25) is 0 Å². The summed E-state index contributed by atoms with van der Waals surface area (Å²) in [5.74, 6) is 1.58. The van der Waals surface area contributed by atoms with E-state index in [9.17, 15) is 0 Å². The van der Waals surface area contributed by atoms with Crippen LogP contribution in [-0.2, 0) is 7.05 Å². The Kier molecular flexibility index (Phi) is 5.42. The highest BCUT2D eigenvalue weighted by Crippen LogP contribution is 2.43. The summed E-state index contributed by atoms with van der Waals surface area (Å²) < 4.78 is 1.93. The van der Waals surface area contributed by atoms with E-state index in [0.717, 1.165) is 12.5 Å². The number of nitrogens with one attached hydrogen (secondary N) is 1. The Labute approximate surface area is 129 Å². The summed E-state index contributed by atoms with van der Waals surface area (Å²) in [6.45, 7) is 10.4. The van der Waals surface area contributed by atoms with Crippen LogP contribution < -0.4 is 5.32 Å². The van der Waals surface area contributed by atoms with Crippen molar-refractivity contribution in [2.45, 2.75) is 65.8 Å². The Balaban J connectivity index is 2.04. The lowest BCUT2D eigenvalue weighted by Gasteiger charge is -2.39. The Hall–Kier alpha value is -0.900. The van der Waals surface area contributed by atoms with Crippen LogP contribution in [0, 0.1) is 17.3 Å². The van der Waals surface area contributed by atoms with Crippen LogP contribution in [-0.4, -0.2) is 21.5 Å². The summed E-state index contributed by atoms with van der Waals surface area (Å²) in [5, 5.41) is 11.9. The minimum Gasteiger partial charge on any atom is -0.308 e. The van der Waals surface area contributed by atoms with Crippen molar-refractivity contribution in [2.75, 3.05) is 6.54 Å². The van der Waals surface area contributed by atoms with E-state index in [1.165, 1.54) is 37.8 Å². The van der Waals surface area contributed by atoms with E-state index in [4.69, 9.17) is 0 Å². The van der Waals surface area contributed by atoms with E-state index in [-0.39, 0.29) is 0 Å². The maximum absolute atomic E-state index is 4.12. The fourth-order valence-corrected chi connectivity index (χ4v) is 3.71. The van der Waals surface area contributed by atoms with Crippen LogP contribution in [0.15, 0.2) is 6.20 Å². The molecule has 0 amide bonds. The lowest BCUT2D eigenvalue weighted by Crippen LogP contribution is -2.35. The molecule has 0 spiro atoms. The smallest absolute Gasteiger partial charge is 0.0756 e. The molecule has 1 aliphatic rings. The summed E-state index contributed by atoms with van der Waals surface area (Å²) in [5.41, 5.74) is 1.69. The van der Waals surface area contributed by atoms with Crippen LogP contribution in [0.4, 0.5) is 0 Å². The molecule has 0 radical (unpaired) electrons. The van der Waals surface area contributed by atoms with E-state index in [1.807, 2.05) is 17.9 Å². The summed E-state index contributed by atoms with van der Waals surface area (Å²) in [4.78, 5) is 0. The first-order valence-corrected chi connectivity index (χ1v) is 8.51. The summed E-state index contributed by atoms with van der Waals surface area (Å²) in [7, 11) is 2.00. The lowest BCUT2D eigenvalue weighted by molar-refractivity contribution is 0.131. The Morgan fingerprint density at radius 2 is 1.95 bits per heavy atom. The molecule has 4 heteroatoms. The minimum atomic E-state index is 0.408. The summed E-state index contributed by atoms with van der Waals surface area (Å²) in [6.07, 6.45) is 8.43. The van der Waals surface area contributed by atoms with Gasteiger partial charge in [-0.3, -0.25) is 4.68 Å². The van der Waals surface area contributed by atoms with Gasteiger partial charge in [0.1, 0.15) is 0 Å². The molecule has 1 heterocycles. The molecule has 1 unspecified atom stereocenters. The zero-order valence-corrected chi connectivity index (χ0v) is 14.4. The molecule has 0 aliphatic heterocycles. The number of aromatic nitrogens is 3. The van der Waals surface area contributed by atoms with Crippen molar-refractivity contribution in [1.82, 2.24) is 20.3 Å². The highest BCUT2D eigenvalue weighted by Gasteiger charge is 2.34. The van der Waals surface area contributed by atoms with Crippen molar-refractivity contribution >= 4 is 0 Å². The second-order valence-corrected chi connectivity index (χ2v) is 7.69. The normalized spacial score (nSPS) is 25.0. The summed E-state index contributed by atoms with van der Waals surface area (Å²) in [6, 6.07) is 0.408. The van der Waals surface area contributed by atoms with E-state index >= 15 is 0 Å². The third kappa shape index (κ3) is 4.06. The highest BCUT2D eigenvalue weighted by atomic mass is 15.4. The Bertz CT molecular complexity index is 424. The topological polar surface area (TPSA) is 42.7 Å². The average Bonchev–Trinajstić information content (AvgIpc) is 2.85. The largest absolute Gasteiger partial charge is 0.308 e. The van der Waals surface area contributed by atoms with Gasteiger partial charge in [-0.15, -0.1) is 5.10 Å². The molecule has 0 saturated heterocycles. The molecule has 1 aromatic heterocycles. The first-order valence-electron chi connectivity index (χ1n) is 8.51. The lowest BCUT2D eigenvalue weighted by atomic mass is 9.68. The van der Waals surface area contributed by atoms with Gasteiger partial charge >= 0.3 is 0 Å². The first kappa shape index (κ1) is 16.5. The highest BCUT2D eigenvalue weighted by molar-refractivity contribution is 5.05. The van der Waals surface area contributed by atoms with Crippen LogP contribution in [0.2, 0.25) is 0 Å². The van der Waals surface area contributed by atoms with Crippen molar-refractivity contribution in [3.8, 4) is 0 Å². The van der Waals surface area contributed by atoms with Crippen LogP contribution in [0.5, 0.6) is 0 Å². The molecule has 1 fully saturated rings. The third-order valence-corrected chi connectivity index (χ3v) is 5.15. The van der Waals surface area contributed by atoms with Crippen molar-refractivity contribution in [1.29, 1.82) is 0 Å². The van der Waals surface area contributed by atoms with Crippen molar-refractivity contribution in [2.24, 2.45) is 24.3 Å². The van der Waals surface area contributed by atoms with Crippen molar-refractivity contribution in [3.63, 3.8) is 0 Å². The molecule has 1 aliphatic carbocycles. The molecule has 1 atom stereocenters. The second kappa shape index (κ2) is 6.91. The van der Waals surface area contributed by atoms with Gasteiger partial charge in [-0.25, -0.2) is 0 Å². The van der Waals surface area contributed by atoms with Gasteiger partial charge < -0.3 is 5.32 Å². The average molecular weight is 292 g/mol. The fraction of sp³-hybridized carbons (Fsp3) is 0.882. The Morgan fingerprint density at radius 1 is 1.29 bits per heavy atom. The van der Waals surface area contributed by atoms with Gasteiger partial charge in [-0.05, 0) is 55.9 Å². The maximum atomic E-state index is 4.12. The van der Waals surface area contributed by atoms with E-state index in [1.54, 1.807) is 0 Å². The number of aryl methyl sites for hydroxylation is 1. The molecule has 4 nitrogen and oxygen atoms in total. The van der Waals surface area contributed by atoms with E-state index in [0.29, 0.717) is 17.4 Å². The number of nitrogens with zero attached hydrogens (tertiary/aromatic N) is 3. The predicted molar refractivity (Wildman–Crippen MR) is 86.9 cm³/mol. The predicted octanol–water partition coefficient (Wildman–Crippen LogP) is 3.71. The van der Waals surface area contributed by atoms with Crippen molar-refractivity contribution in [3.05, 3.63) is 11.9 Å². The molecule has 1 N–H and O–H groups in total. The zero-order valence-electron chi connectivity index (χ0n) is 14.4. The van der Waals surface area contributed by atoms with Crippen LogP contribution in [0.3, 0.4) is 0 Å². The molecule has 0 aromatic carbocycles. The van der Waals surface area contributed by atoms with Gasteiger partial charge in [0.25, 0.3) is 0 Å². The number of rotatable bonds is 5. The first-order chi connectivity index (χ1) is 9.93. The monoisotopic (exact) mass is 292 g/mol. The van der Waals surface area contributed by atoms with Gasteiger partial charge in [-0.1, -0.05) is 32.9 Å². The SMILES string of the molecule is CCCNC(c1cnnn1C)C1CCC(C(C)(C)C)CC1. The molecular weight excluding hydrogens is 260 g/mol. The fourth-order valence-electron chi connectivity index (χ4n) is 3.71. The van der Waals surface area contributed by atoms with Gasteiger partial charge in [-0.2, -0.15) is 0 Å². The molecule has 2 rings (SSSR count). The van der Waals surface area contributed by atoms with E-state index in [2.05, 4.69) is 43.3 Å². The quantitative estimate of drug-likeness (QED) is 0.899. The van der Waals surface area contributed by atoms with Crippen LogP contribution >= 0.6 is 0 Å². The van der Waals surface area contributed by atoms with Crippen LogP contribution in [0.1, 0.15) is 71.5 Å². The number of hydrogen-bond acceptors (Lipinski definition) is 3. The molecule has 0 bridgehead atoms. The molecule has 21 heavy (non-hydrogen) atoms. The molecule has 1 aromatic rings. The second-order valence-electron chi connectivity index (χ2n) is 7.69. The molecule has 120 valence electrons. The van der Waals surface area contributed by atoms with Crippen molar-refractivity contribution < 1.29 is 0 Å². The molecular formula is C17H32N4. The molecule has 1 saturated carbocycles. The van der Waals surface area contributed by atoms with Gasteiger partial charge in [0.15, 0.2) is 0 Å². The van der Waals surface area contributed by atoms with Gasteiger partial charge in [0.05, 0.1) is 17.9 Å². The van der Waals surface area contributed by atoms with E-state index < -0.39 is 0 Å². The number of hydrogen-bond donors (Lipinski definition) is 1. The minimum absolute atomic E-state index is 0.408. The van der Waals surface area contributed by atoms with Crippen LogP contribution in [0.25, 0.3) is 0 Å².